The molecule has 2 aromatic carbocycles. The summed E-state index contributed by atoms with van der Waals surface area (Å²) < 4.78 is 44.8. The number of nitrogens with one attached hydrogen (secondary N) is 1. The lowest BCUT2D eigenvalue weighted by molar-refractivity contribution is -0.170. The van der Waals surface area contributed by atoms with Crippen LogP contribution < -0.4 is 15.0 Å². The number of hydrogen-bond acceptors (Lipinski definition) is 5. The van der Waals surface area contributed by atoms with Crippen LogP contribution in [0.3, 0.4) is 0 Å². The van der Waals surface area contributed by atoms with Crippen LogP contribution in [-0.4, -0.2) is 44.2 Å². The summed E-state index contributed by atoms with van der Waals surface area (Å²) in [5.74, 6) is -0.954. The van der Waals surface area contributed by atoms with Crippen molar-refractivity contribution in [3.8, 4) is 11.8 Å². The Hall–Kier alpha value is -3.54. The maximum Gasteiger partial charge on any atom is 0.471 e. The van der Waals surface area contributed by atoms with Crippen molar-refractivity contribution < 1.29 is 22.7 Å². The maximum atomic E-state index is 13.1. The number of nitriles is 1. The molecule has 0 saturated heterocycles. The highest BCUT2D eigenvalue weighted by Crippen LogP contribution is 2.24. The molecule has 1 aliphatic rings. The summed E-state index contributed by atoms with van der Waals surface area (Å²) in [6.07, 6.45) is -4.10. The molecule has 0 atom stereocenters. The fourth-order valence-electron chi connectivity index (χ4n) is 2.94. The number of amidine groups is 1. The zero-order valence-electron chi connectivity index (χ0n) is 15.9. The summed E-state index contributed by atoms with van der Waals surface area (Å²) in [7, 11) is 0. The molecular formula is C21H19F3N4O2. The molecule has 0 bridgehead atoms. The molecule has 0 aliphatic carbocycles. The summed E-state index contributed by atoms with van der Waals surface area (Å²) in [6, 6.07) is 14.4. The van der Waals surface area contributed by atoms with Crippen LogP contribution in [0.2, 0.25) is 0 Å². The van der Waals surface area contributed by atoms with Crippen LogP contribution in [0.15, 0.2) is 53.5 Å². The van der Waals surface area contributed by atoms with E-state index < -0.39 is 12.1 Å². The normalized spacial score (nSPS) is 13.6. The van der Waals surface area contributed by atoms with Crippen LogP contribution in [0.25, 0.3) is 0 Å². The number of rotatable bonds is 6. The Morgan fingerprint density at radius 1 is 1.23 bits per heavy atom. The number of aliphatic imine (C=N–C) groups is 1. The van der Waals surface area contributed by atoms with Gasteiger partial charge >= 0.3 is 12.1 Å². The highest BCUT2D eigenvalue weighted by Gasteiger charge is 2.43. The standard InChI is InChI=1S/C21H19F3N4O2/c22-21(23,24)20(29)28(11-12-30-18-4-1-3-15(13-18)14-25)17-7-5-16(6-8-17)19-26-9-2-10-27-19/h1,3-8,13H,2,9-12H2,(H,26,27). The summed E-state index contributed by atoms with van der Waals surface area (Å²) >= 11 is 0. The number of amides is 1. The molecule has 9 heteroatoms. The molecule has 2 aromatic rings. The second kappa shape index (κ2) is 9.31. The molecule has 1 heterocycles. The number of benzene rings is 2. The van der Waals surface area contributed by atoms with E-state index in [1.54, 1.807) is 30.3 Å². The third-order valence-corrected chi connectivity index (χ3v) is 4.38. The van der Waals surface area contributed by atoms with Gasteiger partial charge in [-0.15, -0.1) is 0 Å². The van der Waals surface area contributed by atoms with E-state index in [2.05, 4.69) is 10.3 Å². The SMILES string of the molecule is N#Cc1cccc(OCCN(C(=O)C(F)(F)F)c2ccc(C3=NCCCN3)cc2)c1. The van der Waals surface area contributed by atoms with Crippen molar-refractivity contribution in [2.24, 2.45) is 4.99 Å². The number of alkyl halides is 3. The topological polar surface area (TPSA) is 77.7 Å². The number of ether oxygens (including phenoxy) is 1. The van der Waals surface area contributed by atoms with Crippen LogP contribution in [0.5, 0.6) is 5.75 Å². The van der Waals surface area contributed by atoms with Crippen molar-refractivity contribution in [1.29, 1.82) is 5.26 Å². The molecule has 1 N–H and O–H groups in total. The lowest BCUT2D eigenvalue weighted by Gasteiger charge is -2.24. The molecule has 1 amide bonds. The highest BCUT2D eigenvalue weighted by molar-refractivity contribution is 6.01. The molecule has 30 heavy (non-hydrogen) atoms. The van der Waals surface area contributed by atoms with Crippen molar-refractivity contribution in [2.75, 3.05) is 31.1 Å². The predicted molar refractivity (Wildman–Crippen MR) is 106 cm³/mol. The van der Waals surface area contributed by atoms with E-state index in [-0.39, 0.29) is 18.8 Å². The smallest absolute Gasteiger partial charge is 0.471 e. The molecule has 0 saturated carbocycles. The van der Waals surface area contributed by atoms with Gasteiger partial charge in [-0.1, -0.05) is 6.07 Å². The molecule has 0 aromatic heterocycles. The van der Waals surface area contributed by atoms with Gasteiger partial charge in [0.15, 0.2) is 0 Å². The van der Waals surface area contributed by atoms with Gasteiger partial charge in [0.2, 0.25) is 0 Å². The van der Waals surface area contributed by atoms with E-state index in [0.717, 1.165) is 18.5 Å². The fraction of sp³-hybridized carbons (Fsp3) is 0.286. The molecule has 1 aliphatic heterocycles. The van der Waals surface area contributed by atoms with Crippen molar-refractivity contribution in [2.45, 2.75) is 12.6 Å². The molecule has 0 fully saturated rings. The van der Waals surface area contributed by atoms with Crippen molar-refractivity contribution in [1.82, 2.24) is 5.32 Å². The van der Waals surface area contributed by atoms with E-state index in [1.807, 2.05) is 6.07 Å². The number of nitrogens with zero attached hydrogens (tertiary/aromatic N) is 3. The first-order valence-electron chi connectivity index (χ1n) is 9.29. The fourth-order valence-corrected chi connectivity index (χ4v) is 2.94. The Morgan fingerprint density at radius 2 is 2.00 bits per heavy atom. The summed E-state index contributed by atoms with van der Waals surface area (Å²) in [5, 5.41) is 12.0. The van der Waals surface area contributed by atoms with Crippen molar-refractivity contribution in [3.05, 3.63) is 59.7 Å². The van der Waals surface area contributed by atoms with Gasteiger partial charge in [0.25, 0.3) is 0 Å². The number of anilines is 1. The average molecular weight is 416 g/mol. The minimum atomic E-state index is -5.02. The van der Waals surface area contributed by atoms with E-state index in [9.17, 15) is 18.0 Å². The lowest BCUT2D eigenvalue weighted by Crippen LogP contribution is -2.43. The van der Waals surface area contributed by atoms with Crippen molar-refractivity contribution >= 4 is 17.4 Å². The predicted octanol–water partition coefficient (Wildman–Crippen LogP) is 3.27. The molecule has 0 radical (unpaired) electrons. The molecule has 0 unspecified atom stereocenters. The molecule has 0 spiro atoms. The third kappa shape index (κ3) is 5.29. The quantitative estimate of drug-likeness (QED) is 0.784. The van der Waals surface area contributed by atoms with Gasteiger partial charge in [-0.25, -0.2) is 0 Å². The summed E-state index contributed by atoms with van der Waals surface area (Å²) in [4.78, 5) is 16.9. The second-order valence-corrected chi connectivity index (χ2v) is 6.50. The van der Waals surface area contributed by atoms with E-state index in [4.69, 9.17) is 10.00 Å². The van der Waals surface area contributed by atoms with Crippen LogP contribution >= 0.6 is 0 Å². The molecule has 6 nitrogen and oxygen atoms in total. The number of carbonyl (C=O) groups excluding carboxylic acids is 1. The largest absolute Gasteiger partial charge is 0.492 e. The first-order valence-corrected chi connectivity index (χ1v) is 9.29. The Balaban J connectivity index is 1.74. The number of halogens is 3. The Bertz CT molecular complexity index is 965. The minimum Gasteiger partial charge on any atom is -0.492 e. The second-order valence-electron chi connectivity index (χ2n) is 6.50. The van der Waals surface area contributed by atoms with Gasteiger partial charge in [-0.3, -0.25) is 9.79 Å². The summed E-state index contributed by atoms with van der Waals surface area (Å²) in [5.41, 5.74) is 1.21. The van der Waals surface area contributed by atoms with Gasteiger partial charge in [-0.05, 0) is 48.9 Å². The van der Waals surface area contributed by atoms with E-state index in [1.165, 1.54) is 18.2 Å². The van der Waals surface area contributed by atoms with Crippen LogP contribution in [0.1, 0.15) is 17.5 Å². The van der Waals surface area contributed by atoms with Gasteiger partial charge in [0.05, 0.1) is 18.2 Å². The van der Waals surface area contributed by atoms with Gasteiger partial charge < -0.3 is 15.0 Å². The minimum absolute atomic E-state index is 0.104. The number of carbonyl (C=O) groups is 1. The molecular weight excluding hydrogens is 397 g/mol. The zero-order chi connectivity index (χ0) is 21.6. The van der Waals surface area contributed by atoms with E-state index >= 15 is 0 Å². The molecule has 156 valence electrons. The van der Waals surface area contributed by atoms with Gasteiger partial charge in [0, 0.05) is 24.3 Å². The first kappa shape index (κ1) is 21.2. The Kier molecular flexibility index (Phi) is 6.57. The first-order chi connectivity index (χ1) is 14.4. The van der Waals surface area contributed by atoms with Crippen LogP contribution in [0, 0.1) is 11.3 Å². The number of hydrogen-bond donors (Lipinski definition) is 1. The monoisotopic (exact) mass is 416 g/mol. The average Bonchev–Trinajstić information content (AvgIpc) is 2.76. The lowest BCUT2D eigenvalue weighted by atomic mass is 10.1. The van der Waals surface area contributed by atoms with E-state index in [0.29, 0.717) is 28.6 Å². The van der Waals surface area contributed by atoms with Crippen LogP contribution in [0.4, 0.5) is 18.9 Å². The molecule has 3 rings (SSSR count). The van der Waals surface area contributed by atoms with Crippen LogP contribution in [-0.2, 0) is 4.79 Å². The maximum absolute atomic E-state index is 13.1. The Morgan fingerprint density at radius 3 is 2.63 bits per heavy atom. The summed E-state index contributed by atoms with van der Waals surface area (Å²) in [6.45, 7) is 0.983. The Labute approximate surface area is 171 Å². The van der Waals surface area contributed by atoms with Gasteiger partial charge in [0.1, 0.15) is 18.2 Å². The third-order valence-electron chi connectivity index (χ3n) is 4.38. The van der Waals surface area contributed by atoms with Gasteiger partial charge in [-0.2, -0.15) is 18.4 Å². The zero-order valence-corrected chi connectivity index (χ0v) is 15.9. The van der Waals surface area contributed by atoms with Crippen molar-refractivity contribution in [3.63, 3.8) is 0 Å². The highest BCUT2D eigenvalue weighted by atomic mass is 19.4.